The number of piperidine rings is 1. The highest BCUT2D eigenvalue weighted by Crippen LogP contribution is 2.32. The van der Waals surface area contributed by atoms with Gasteiger partial charge >= 0.3 is 0 Å². The van der Waals surface area contributed by atoms with Gasteiger partial charge in [0.25, 0.3) is 0 Å². The van der Waals surface area contributed by atoms with Gasteiger partial charge in [-0.25, -0.2) is 4.39 Å². The summed E-state index contributed by atoms with van der Waals surface area (Å²) in [4.78, 5) is 14.5. The highest BCUT2D eigenvalue weighted by molar-refractivity contribution is 5.79. The molecule has 0 aliphatic carbocycles. The smallest absolute Gasteiger partial charge is 0.226 e. The summed E-state index contributed by atoms with van der Waals surface area (Å²) in [6.07, 6.45) is 6.57. The summed E-state index contributed by atoms with van der Waals surface area (Å²) in [5.74, 6) is 1.17. The molecular formula is C20H24FN3O2. The van der Waals surface area contributed by atoms with Crippen LogP contribution in [0.15, 0.2) is 34.8 Å². The van der Waals surface area contributed by atoms with E-state index in [-0.39, 0.29) is 23.7 Å². The lowest BCUT2D eigenvalue weighted by molar-refractivity contribution is -0.134. The zero-order valence-corrected chi connectivity index (χ0v) is 15.2. The topological polar surface area (TPSA) is 59.2 Å². The molecule has 1 aliphatic heterocycles. The molecule has 1 aliphatic rings. The number of likely N-dealkylation sites (tertiary alicyclic amines) is 1. The van der Waals surface area contributed by atoms with Crippen molar-refractivity contribution in [3.63, 3.8) is 0 Å². The Labute approximate surface area is 152 Å². The molecule has 0 bridgehead atoms. The number of aromatic nitrogens is 2. The molecule has 3 rings (SSSR count). The lowest BCUT2D eigenvalue weighted by Gasteiger charge is -2.37. The highest BCUT2D eigenvalue weighted by Gasteiger charge is 2.34. The number of aryl methyl sites for hydroxylation is 1. The van der Waals surface area contributed by atoms with Crippen LogP contribution in [0.3, 0.4) is 0 Å². The van der Waals surface area contributed by atoms with Gasteiger partial charge in [-0.1, -0.05) is 31.2 Å². The Morgan fingerprint density at radius 2 is 2.12 bits per heavy atom. The molecule has 5 nitrogen and oxygen atoms in total. The van der Waals surface area contributed by atoms with Gasteiger partial charge in [0, 0.05) is 25.4 Å². The summed E-state index contributed by atoms with van der Waals surface area (Å²) in [5, 5.41) is 8.21. The third-order valence-corrected chi connectivity index (χ3v) is 4.88. The molecule has 1 fully saturated rings. The average molecular weight is 357 g/mol. The van der Waals surface area contributed by atoms with E-state index in [0.29, 0.717) is 24.6 Å². The minimum absolute atomic E-state index is 0.0284. The maximum atomic E-state index is 12.9. The van der Waals surface area contributed by atoms with E-state index in [1.165, 1.54) is 12.1 Å². The summed E-state index contributed by atoms with van der Waals surface area (Å²) in [7, 11) is 0. The van der Waals surface area contributed by atoms with E-state index in [1.54, 1.807) is 12.1 Å². The highest BCUT2D eigenvalue weighted by atomic mass is 19.1. The maximum absolute atomic E-state index is 12.9. The van der Waals surface area contributed by atoms with Gasteiger partial charge in [-0.05, 0) is 37.5 Å². The molecule has 26 heavy (non-hydrogen) atoms. The fraction of sp³-hybridized carbons (Fsp3) is 0.450. The normalized spacial score (nSPS) is 20.7. The summed E-state index contributed by atoms with van der Waals surface area (Å²) in [5.41, 5.74) is 0.877. The number of halogens is 1. The van der Waals surface area contributed by atoms with Crippen molar-refractivity contribution in [2.24, 2.45) is 0 Å². The molecule has 0 radical (unpaired) electrons. The Bertz CT molecular complexity index is 770. The van der Waals surface area contributed by atoms with E-state index in [9.17, 15) is 9.18 Å². The van der Waals surface area contributed by atoms with Crippen molar-refractivity contribution in [3.8, 4) is 0 Å². The van der Waals surface area contributed by atoms with Gasteiger partial charge in [-0.15, -0.1) is 10.2 Å². The van der Waals surface area contributed by atoms with Crippen molar-refractivity contribution in [1.29, 1.82) is 0 Å². The molecule has 2 heterocycles. The van der Waals surface area contributed by atoms with E-state index in [0.717, 1.165) is 24.9 Å². The van der Waals surface area contributed by atoms with Crippen molar-refractivity contribution >= 4 is 12.0 Å². The second kappa shape index (κ2) is 8.25. The third-order valence-electron chi connectivity index (χ3n) is 4.88. The molecule has 0 spiro atoms. The molecule has 2 atom stereocenters. The predicted octanol–water partition coefficient (Wildman–Crippen LogP) is 3.97. The molecular weight excluding hydrogens is 333 g/mol. The minimum atomic E-state index is -0.265. The number of benzene rings is 1. The molecule has 0 unspecified atom stereocenters. The number of nitrogens with zero attached hydrogens (tertiary/aromatic N) is 3. The first kappa shape index (κ1) is 18.3. The van der Waals surface area contributed by atoms with Gasteiger partial charge in [-0.3, -0.25) is 4.79 Å². The lowest BCUT2D eigenvalue weighted by atomic mass is 9.90. The first-order valence-electron chi connectivity index (χ1n) is 9.12. The van der Waals surface area contributed by atoms with Crippen LogP contribution >= 0.6 is 0 Å². The largest absolute Gasteiger partial charge is 0.425 e. The maximum Gasteiger partial charge on any atom is 0.226 e. The monoisotopic (exact) mass is 357 g/mol. The van der Waals surface area contributed by atoms with Crippen LogP contribution in [-0.2, 0) is 11.2 Å². The standard InChI is InChI=1S/C20H24FN3O2/c1-3-18-22-23-20(26-18)17-7-5-13-24(14(17)2)19(25)8-4-6-15-9-11-16(21)12-10-15/h4,6,9-12,14,17H,3,5,7-8,13H2,1-2H3/b6-4+/t14-,17-/m0/s1. The van der Waals surface area contributed by atoms with E-state index in [1.807, 2.05) is 30.9 Å². The van der Waals surface area contributed by atoms with Gasteiger partial charge in [-0.2, -0.15) is 0 Å². The first-order chi connectivity index (χ1) is 12.6. The Hall–Kier alpha value is -2.50. The number of carbonyl (C=O) groups is 1. The van der Waals surface area contributed by atoms with Gasteiger partial charge in [0.1, 0.15) is 5.82 Å². The number of hydrogen-bond donors (Lipinski definition) is 0. The van der Waals surface area contributed by atoms with E-state index in [2.05, 4.69) is 10.2 Å². The number of rotatable bonds is 5. The van der Waals surface area contributed by atoms with E-state index < -0.39 is 0 Å². The number of hydrogen-bond acceptors (Lipinski definition) is 4. The molecule has 2 aromatic rings. The molecule has 0 N–H and O–H groups in total. The van der Waals surface area contributed by atoms with Gasteiger partial charge < -0.3 is 9.32 Å². The fourth-order valence-corrected chi connectivity index (χ4v) is 3.37. The predicted molar refractivity (Wildman–Crippen MR) is 96.9 cm³/mol. The van der Waals surface area contributed by atoms with Gasteiger partial charge in [0.15, 0.2) is 0 Å². The summed E-state index contributed by atoms with van der Waals surface area (Å²) >= 11 is 0. The number of amides is 1. The zero-order chi connectivity index (χ0) is 18.5. The van der Waals surface area contributed by atoms with Crippen molar-refractivity contribution in [1.82, 2.24) is 15.1 Å². The fourth-order valence-electron chi connectivity index (χ4n) is 3.37. The quantitative estimate of drug-likeness (QED) is 0.812. The Kier molecular flexibility index (Phi) is 5.81. The van der Waals surface area contributed by atoms with E-state index >= 15 is 0 Å². The zero-order valence-electron chi connectivity index (χ0n) is 15.2. The average Bonchev–Trinajstić information content (AvgIpc) is 3.12. The summed E-state index contributed by atoms with van der Waals surface area (Å²) in [6.45, 7) is 4.77. The second-order valence-electron chi connectivity index (χ2n) is 6.62. The molecule has 138 valence electrons. The van der Waals surface area contributed by atoms with Crippen LogP contribution in [0.5, 0.6) is 0 Å². The molecule has 1 saturated heterocycles. The Morgan fingerprint density at radius 1 is 1.35 bits per heavy atom. The lowest BCUT2D eigenvalue weighted by Crippen LogP contribution is -2.45. The van der Waals surface area contributed by atoms with Crippen molar-refractivity contribution in [3.05, 3.63) is 53.5 Å². The van der Waals surface area contributed by atoms with Crippen LogP contribution in [-0.4, -0.2) is 33.6 Å². The van der Waals surface area contributed by atoms with Crippen LogP contribution in [0, 0.1) is 5.82 Å². The molecule has 1 aromatic carbocycles. The van der Waals surface area contributed by atoms with Crippen LogP contribution in [0.1, 0.15) is 56.4 Å². The third kappa shape index (κ3) is 4.18. The van der Waals surface area contributed by atoms with Crippen LogP contribution in [0.25, 0.3) is 6.08 Å². The van der Waals surface area contributed by atoms with Gasteiger partial charge in [0.2, 0.25) is 17.7 Å². The van der Waals surface area contributed by atoms with Gasteiger partial charge in [0.05, 0.1) is 5.92 Å². The molecule has 1 amide bonds. The van der Waals surface area contributed by atoms with E-state index in [4.69, 9.17) is 4.42 Å². The van der Waals surface area contributed by atoms with Crippen LogP contribution < -0.4 is 0 Å². The second-order valence-corrected chi connectivity index (χ2v) is 6.62. The van der Waals surface area contributed by atoms with Crippen molar-refractivity contribution in [2.45, 2.75) is 51.5 Å². The van der Waals surface area contributed by atoms with Crippen molar-refractivity contribution in [2.75, 3.05) is 6.54 Å². The van der Waals surface area contributed by atoms with Crippen LogP contribution in [0.2, 0.25) is 0 Å². The number of carbonyl (C=O) groups excluding carboxylic acids is 1. The molecule has 1 aromatic heterocycles. The SMILES string of the molecule is CCc1nnc([C@H]2CCCN(C(=O)C/C=C/c3ccc(F)cc3)[C@H]2C)o1. The van der Waals surface area contributed by atoms with Crippen LogP contribution in [0.4, 0.5) is 4.39 Å². The molecule has 0 saturated carbocycles. The van der Waals surface area contributed by atoms with Crippen molar-refractivity contribution < 1.29 is 13.6 Å². The summed E-state index contributed by atoms with van der Waals surface area (Å²) in [6, 6.07) is 6.23. The Balaban J connectivity index is 1.62. The molecule has 6 heteroatoms. The Morgan fingerprint density at radius 3 is 2.81 bits per heavy atom. The summed E-state index contributed by atoms with van der Waals surface area (Å²) < 4.78 is 18.6. The first-order valence-corrected chi connectivity index (χ1v) is 9.12. The minimum Gasteiger partial charge on any atom is -0.425 e.